The number of carbonyl (C=O) groups is 1. The van der Waals surface area contributed by atoms with Gasteiger partial charge in [-0.1, -0.05) is 48.5 Å². The molecule has 7 nitrogen and oxygen atoms in total. The standard InChI is InChI=1S/C24H20N4O3S/c1-17-15-16-25-24(26-17)28-32(30,31)22-13-11-21(12-14-22)27-23(29)20-9-7-19(8-10-20)18-5-3-2-4-6-18/h2-16H,1H3,(H2,25,26,27,28,29)/p-1. The Morgan fingerprint density at radius 2 is 1.50 bits per heavy atom. The number of anilines is 1. The van der Waals surface area contributed by atoms with Crippen molar-refractivity contribution in [3.63, 3.8) is 0 Å². The van der Waals surface area contributed by atoms with Gasteiger partial charge >= 0.3 is 0 Å². The molecule has 0 atom stereocenters. The van der Waals surface area contributed by atoms with E-state index >= 15 is 0 Å². The van der Waals surface area contributed by atoms with Gasteiger partial charge in [0.25, 0.3) is 5.91 Å². The van der Waals surface area contributed by atoms with Crippen LogP contribution in [0.25, 0.3) is 15.8 Å². The third kappa shape index (κ3) is 4.98. The van der Waals surface area contributed by atoms with E-state index in [1.54, 1.807) is 25.1 Å². The number of aryl methyl sites for hydroxylation is 1. The van der Waals surface area contributed by atoms with E-state index in [-0.39, 0.29) is 16.8 Å². The van der Waals surface area contributed by atoms with Crippen molar-refractivity contribution in [2.45, 2.75) is 11.8 Å². The lowest BCUT2D eigenvalue weighted by Crippen LogP contribution is -2.11. The molecule has 1 amide bonds. The third-order valence-electron chi connectivity index (χ3n) is 4.65. The summed E-state index contributed by atoms with van der Waals surface area (Å²) in [6.45, 7) is 1.72. The van der Waals surface area contributed by atoms with Crippen LogP contribution < -0.4 is 5.32 Å². The highest BCUT2D eigenvalue weighted by Crippen LogP contribution is 2.25. The van der Waals surface area contributed by atoms with Gasteiger partial charge in [-0.05, 0) is 66.3 Å². The average Bonchev–Trinajstić information content (AvgIpc) is 2.80. The van der Waals surface area contributed by atoms with E-state index in [2.05, 4.69) is 20.0 Å². The minimum Gasteiger partial charge on any atom is -0.366 e. The van der Waals surface area contributed by atoms with E-state index in [1.807, 2.05) is 42.5 Å². The van der Waals surface area contributed by atoms with Gasteiger partial charge in [0.1, 0.15) is 0 Å². The summed E-state index contributed by atoms with van der Waals surface area (Å²) >= 11 is 0. The van der Waals surface area contributed by atoms with Crippen LogP contribution in [0.4, 0.5) is 11.6 Å². The van der Waals surface area contributed by atoms with Crippen molar-refractivity contribution < 1.29 is 13.2 Å². The molecule has 0 spiro atoms. The highest BCUT2D eigenvalue weighted by molar-refractivity contribution is 7.94. The van der Waals surface area contributed by atoms with Crippen LogP contribution in [0.2, 0.25) is 0 Å². The van der Waals surface area contributed by atoms with Crippen LogP contribution in [-0.4, -0.2) is 24.3 Å². The quantitative estimate of drug-likeness (QED) is 0.447. The second-order valence-corrected chi connectivity index (χ2v) is 8.59. The molecule has 0 aliphatic carbocycles. The highest BCUT2D eigenvalue weighted by Gasteiger charge is 2.13. The number of hydrogen-bond donors (Lipinski definition) is 1. The van der Waals surface area contributed by atoms with Crippen molar-refractivity contribution in [3.05, 3.63) is 107 Å². The normalized spacial score (nSPS) is 11.0. The van der Waals surface area contributed by atoms with Gasteiger partial charge in [-0.25, -0.2) is 8.42 Å². The summed E-state index contributed by atoms with van der Waals surface area (Å²) in [5.74, 6) is -0.417. The molecule has 1 aromatic heterocycles. The largest absolute Gasteiger partial charge is 0.366 e. The fraction of sp³-hybridized carbons (Fsp3) is 0.0417. The molecule has 8 heteroatoms. The van der Waals surface area contributed by atoms with Crippen LogP contribution in [0, 0.1) is 6.92 Å². The molecular formula is C24H19N4O3S-. The van der Waals surface area contributed by atoms with E-state index in [4.69, 9.17) is 0 Å². The molecule has 4 rings (SSSR count). The second kappa shape index (κ2) is 8.99. The zero-order valence-corrected chi connectivity index (χ0v) is 18.0. The predicted molar refractivity (Wildman–Crippen MR) is 123 cm³/mol. The summed E-state index contributed by atoms with van der Waals surface area (Å²) in [5.41, 5.74) is 3.65. The first-order valence-electron chi connectivity index (χ1n) is 9.75. The topological polar surface area (TPSA) is 103 Å². The number of benzene rings is 3. The number of nitrogens with zero attached hydrogens (tertiary/aromatic N) is 3. The van der Waals surface area contributed by atoms with E-state index in [0.29, 0.717) is 16.9 Å². The fourth-order valence-electron chi connectivity index (χ4n) is 3.00. The first-order valence-corrected chi connectivity index (χ1v) is 11.2. The number of carbonyl (C=O) groups excluding carboxylic acids is 1. The number of sulfonamides is 1. The van der Waals surface area contributed by atoms with Gasteiger partial charge in [0, 0.05) is 17.2 Å². The molecule has 0 saturated carbocycles. The summed E-state index contributed by atoms with van der Waals surface area (Å²) in [4.78, 5) is 20.4. The smallest absolute Gasteiger partial charge is 0.255 e. The molecule has 0 aliphatic rings. The van der Waals surface area contributed by atoms with E-state index in [1.165, 1.54) is 30.5 Å². The van der Waals surface area contributed by atoms with Gasteiger partial charge in [0.05, 0.1) is 4.90 Å². The fourth-order valence-corrected chi connectivity index (χ4v) is 3.89. The maximum absolute atomic E-state index is 12.6. The lowest BCUT2D eigenvalue weighted by atomic mass is 10.0. The van der Waals surface area contributed by atoms with Crippen LogP contribution in [0.3, 0.4) is 0 Å². The molecule has 0 fully saturated rings. The molecule has 1 N–H and O–H groups in total. The summed E-state index contributed by atoms with van der Waals surface area (Å²) in [6.07, 6.45) is 1.45. The molecule has 0 unspecified atom stereocenters. The molecule has 3 aromatic carbocycles. The number of hydrogen-bond acceptors (Lipinski definition) is 5. The van der Waals surface area contributed by atoms with Crippen molar-refractivity contribution in [3.8, 4) is 11.1 Å². The number of amides is 1. The van der Waals surface area contributed by atoms with Crippen LogP contribution in [0.5, 0.6) is 0 Å². The molecule has 0 radical (unpaired) electrons. The number of rotatable bonds is 6. The molecule has 1 heterocycles. The Morgan fingerprint density at radius 3 is 2.16 bits per heavy atom. The Hall–Kier alpha value is -4.04. The minimum atomic E-state index is -3.97. The Kier molecular flexibility index (Phi) is 5.96. The van der Waals surface area contributed by atoms with E-state index in [0.717, 1.165) is 11.1 Å². The molecule has 0 saturated heterocycles. The molecule has 32 heavy (non-hydrogen) atoms. The van der Waals surface area contributed by atoms with Crippen molar-refractivity contribution in [2.75, 3.05) is 5.32 Å². The monoisotopic (exact) mass is 443 g/mol. The van der Waals surface area contributed by atoms with Gasteiger partial charge in [0.15, 0.2) is 0 Å². The minimum absolute atomic E-state index is 0.0205. The first kappa shape index (κ1) is 21.2. The lowest BCUT2D eigenvalue weighted by Gasteiger charge is -2.14. The zero-order chi connectivity index (χ0) is 22.6. The van der Waals surface area contributed by atoms with Crippen LogP contribution in [-0.2, 0) is 10.0 Å². The molecular weight excluding hydrogens is 424 g/mol. The number of aromatic nitrogens is 2. The zero-order valence-electron chi connectivity index (χ0n) is 17.1. The SMILES string of the molecule is Cc1ccnc([N-]S(=O)(=O)c2ccc(NC(=O)c3ccc(-c4ccccc4)cc3)cc2)n1. The summed E-state index contributed by atoms with van der Waals surface area (Å²) < 4.78 is 28.6. The maximum atomic E-state index is 12.6. The molecule has 0 aliphatic heterocycles. The van der Waals surface area contributed by atoms with Gasteiger partial charge in [-0.15, -0.1) is 0 Å². The highest BCUT2D eigenvalue weighted by atomic mass is 32.2. The Bertz CT molecular complexity index is 1340. The molecule has 4 aromatic rings. The van der Waals surface area contributed by atoms with Crippen LogP contribution in [0.15, 0.2) is 96.0 Å². The molecule has 160 valence electrons. The van der Waals surface area contributed by atoms with Gasteiger partial charge in [-0.3, -0.25) is 9.52 Å². The van der Waals surface area contributed by atoms with Crippen molar-refractivity contribution in [1.82, 2.24) is 9.97 Å². The summed E-state index contributed by atoms with van der Waals surface area (Å²) in [5, 5.41) is 2.76. The van der Waals surface area contributed by atoms with Crippen molar-refractivity contribution in [2.24, 2.45) is 0 Å². The second-order valence-electron chi connectivity index (χ2n) is 6.99. The maximum Gasteiger partial charge on any atom is 0.255 e. The predicted octanol–water partition coefficient (Wildman–Crippen LogP) is 5.10. The average molecular weight is 444 g/mol. The van der Waals surface area contributed by atoms with Crippen molar-refractivity contribution >= 4 is 27.6 Å². The van der Waals surface area contributed by atoms with E-state index < -0.39 is 10.0 Å². The third-order valence-corrected chi connectivity index (χ3v) is 5.92. The van der Waals surface area contributed by atoms with Crippen LogP contribution >= 0.6 is 0 Å². The van der Waals surface area contributed by atoms with Gasteiger partial charge < -0.3 is 15.3 Å². The Balaban J connectivity index is 1.43. The summed E-state index contributed by atoms with van der Waals surface area (Å²) in [6, 6.07) is 24.6. The Morgan fingerprint density at radius 1 is 0.844 bits per heavy atom. The van der Waals surface area contributed by atoms with Gasteiger partial charge in [-0.2, -0.15) is 0 Å². The van der Waals surface area contributed by atoms with Crippen LogP contribution in [0.1, 0.15) is 16.1 Å². The van der Waals surface area contributed by atoms with E-state index in [9.17, 15) is 13.2 Å². The first-order chi connectivity index (χ1) is 15.4. The number of nitrogens with one attached hydrogen (secondary N) is 1. The van der Waals surface area contributed by atoms with Crippen molar-refractivity contribution in [1.29, 1.82) is 0 Å². The summed E-state index contributed by atoms with van der Waals surface area (Å²) in [7, 11) is -3.97. The molecule has 0 bridgehead atoms. The Labute approximate surface area is 186 Å². The lowest BCUT2D eigenvalue weighted by molar-refractivity contribution is 0.102. The van der Waals surface area contributed by atoms with Gasteiger partial charge in [0.2, 0.25) is 10.0 Å².